The Morgan fingerprint density at radius 3 is 2.76 bits per heavy atom. The van der Waals surface area contributed by atoms with E-state index in [1.54, 1.807) is 0 Å². The molecule has 0 spiro atoms. The first kappa shape index (κ1) is 13.2. The Kier molecular flexibility index (Phi) is 3.48. The summed E-state index contributed by atoms with van der Waals surface area (Å²) >= 11 is 0. The Bertz CT molecular complexity index is 384. The van der Waals surface area contributed by atoms with Crippen LogP contribution in [0.4, 0.5) is 0 Å². The number of hydrogen-bond acceptors (Lipinski definition) is 4. The maximum Gasteiger partial charge on any atom is 0.281 e. The zero-order chi connectivity index (χ0) is 12.7. The number of nitrogens with one attached hydrogen (secondary N) is 1. The van der Waals surface area contributed by atoms with Crippen molar-refractivity contribution in [2.24, 2.45) is 5.92 Å². The molecule has 7 heteroatoms. The van der Waals surface area contributed by atoms with Crippen molar-refractivity contribution in [3.05, 3.63) is 0 Å². The van der Waals surface area contributed by atoms with Crippen molar-refractivity contribution in [1.29, 1.82) is 0 Å². The van der Waals surface area contributed by atoms with Gasteiger partial charge >= 0.3 is 0 Å². The molecule has 0 aromatic heterocycles. The van der Waals surface area contributed by atoms with Gasteiger partial charge in [0.2, 0.25) is 0 Å². The van der Waals surface area contributed by atoms with Crippen LogP contribution in [0, 0.1) is 5.92 Å². The molecule has 0 aromatic rings. The second-order valence-electron chi connectivity index (χ2n) is 5.15. The topological polar surface area (TPSA) is 72.9 Å². The lowest BCUT2D eigenvalue weighted by Gasteiger charge is -2.47. The van der Waals surface area contributed by atoms with Crippen LogP contribution in [0.3, 0.4) is 0 Å². The molecule has 2 aliphatic rings. The average Bonchev–Trinajstić information content (AvgIpc) is 2.27. The predicted molar refractivity (Wildman–Crippen MR) is 64.7 cm³/mol. The fraction of sp³-hybridized carbons (Fsp3) is 1.00. The lowest BCUT2D eigenvalue weighted by atomic mass is 9.77. The molecule has 2 N–H and O–H groups in total. The third-order valence-corrected chi connectivity index (χ3v) is 5.80. The summed E-state index contributed by atoms with van der Waals surface area (Å²) in [6.45, 7) is 2.32. The summed E-state index contributed by atoms with van der Waals surface area (Å²) in [4.78, 5) is 0. The highest BCUT2D eigenvalue weighted by molar-refractivity contribution is 7.86. The second kappa shape index (κ2) is 4.47. The van der Waals surface area contributed by atoms with Crippen molar-refractivity contribution < 1.29 is 13.5 Å². The van der Waals surface area contributed by atoms with E-state index in [2.05, 4.69) is 5.32 Å². The molecule has 2 atom stereocenters. The van der Waals surface area contributed by atoms with E-state index >= 15 is 0 Å². The Hall–Kier alpha value is -0.210. The zero-order valence-electron chi connectivity index (χ0n) is 10.4. The second-order valence-corrected chi connectivity index (χ2v) is 7.30. The fourth-order valence-corrected chi connectivity index (χ4v) is 3.79. The molecule has 0 saturated carbocycles. The first-order chi connectivity index (χ1) is 7.86. The molecule has 0 aliphatic carbocycles. The largest absolute Gasteiger partial charge is 0.389 e. The van der Waals surface area contributed by atoms with Gasteiger partial charge in [-0.3, -0.25) is 0 Å². The van der Waals surface area contributed by atoms with Crippen molar-refractivity contribution in [1.82, 2.24) is 13.9 Å². The van der Waals surface area contributed by atoms with Crippen molar-refractivity contribution in [3.8, 4) is 0 Å². The molecule has 6 nitrogen and oxygen atoms in total. The van der Waals surface area contributed by atoms with E-state index in [4.69, 9.17) is 0 Å². The van der Waals surface area contributed by atoms with Gasteiger partial charge in [-0.1, -0.05) is 0 Å². The monoisotopic (exact) mass is 263 g/mol. The van der Waals surface area contributed by atoms with Gasteiger partial charge in [0.15, 0.2) is 0 Å². The Balaban J connectivity index is 2.13. The maximum atomic E-state index is 12.0. The van der Waals surface area contributed by atoms with E-state index in [0.29, 0.717) is 32.5 Å². The van der Waals surface area contributed by atoms with Gasteiger partial charge in [-0.15, -0.1) is 0 Å². The Labute approximate surface area is 103 Å². The third-order valence-electron chi connectivity index (χ3n) is 3.89. The van der Waals surface area contributed by atoms with Crippen LogP contribution in [0.15, 0.2) is 0 Å². The van der Waals surface area contributed by atoms with Crippen LogP contribution in [0.1, 0.15) is 12.8 Å². The van der Waals surface area contributed by atoms with Crippen molar-refractivity contribution in [2.45, 2.75) is 18.4 Å². The summed E-state index contributed by atoms with van der Waals surface area (Å²) in [6.07, 6.45) is 1.25. The molecule has 2 rings (SSSR count). The standard InChI is InChI=1S/C10H21N3O3S/c1-12(2)17(15,16)13-6-4-10(14)3-5-11-7-9(10)8-13/h9,11,14H,3-8H2,1-2H3. The van der Waals surface area contributed by atoms with Gasteiger partial charge < -0.3 is 10.4 Å². The maximum absolute atomic E-state index is 12.0. The van der Waals surface area contributed by atoms with E-state index in [-0.39, 0.29) is 5.92 Å². The minimum absolute atomic E-state index is 0.000255. The first-order valence-corrected chi connectivity index (χ1v) is 7.37. The van der Waals surface area contributed by atoms with Crippen LogP contribution >= 0.6 is 0 Å². The highest BCUT2D eigenvalue weighted by atomic mass is 32.2. The van der Waals surface area contributed by atoms with Gasteiger partial charge in [0.05, 0.1) is 5.60 Å². The fourth-order valence-electron chi connectivity index (χ4n) is 2.63. The number of piperidine rings is 2. The summed E-state index contributed by atoms with van der Waals surface area (Å²) in [6, 6.07) is 0. The van der Waals surface area contributed by atoms with Gasteiger partial charge in [0.25, 0.3) is 10.2 Å². The quantitative estimate of drug-likeness (QED) is 0.659. The molecule has 2 fully saturated rings. The highest BCUT2D eigenvalue weighted by Crippen LogP contribution is 2.33. The van der Waals surface area contributed by atoms with E-state index < -0.39 is 15.8 Å². The highest BCUT2D eigenvalue weighted by Gasteiger charge is 2.45. The van der Waals surface area contributed by atoms with E-state index in [1.165, 1.54) is 22.7 Å². The molecule has 2 heterocycles. The normalized spacial score (nSPS) is 35.9. The molecule has 2 saturated heterocycles. The van der Waals surface area contributed by atoms with Gasteiger partial charge in [-0.25, -0.2) is 0 Å². The zero-order valence-corrected chi connectivity index (χ0v) is 11.2. The molecule has 100 valence electrons. The van der Waals surface area contributed by atoms with E-state index in [0.717, 1.165) is 6.54 Å². The lowest BCUT2D eigenvalue weighted by Crippen LogP contribution is -2.60. The molecule has 2 aliphatic heterocycles. The van der Waals surface area contributed by atoms with Gasteiger partial charge in [-0.05, 0) is 19.4 Å². The molecular weight excluding hydrogens is 242 g/mol. The van der Waals surface area contributed by atoms with Crippen molar-refractivity contribution >= 4 is 10.2 Å². The van der Waals surface area contributed by atoms with Crippen LogP contribution in [-0.4, -0.2) is 68.0 Å². The first-order valence-electron chi connectivity index (χ1n) is 5.97. The third kappa shape index (κ3) is 2.34. The van der Waals surface area contributed by atoms with Gasteiger partial charge in [0.1, 0.15) is 0 Å². The van der Waals surface area contributed by atoms with Gasteiger partial charge in [-0.2, -0.15) is 17.0 Å². The summed E-state index contributed by atoms with van der Waals surface area (Å²) in [5, 5.41) is 13.7. The number of hydrogen-bond donors (Lipinski definition) is 2. The van der Waals surface area contributed by atoms with Crippen molar-refractivity contribution in [2.75, 3.05) is 40.3 Å². The Morgan fingerprint density at radius 1 is 1.41 bits per heavy atom. The predicted octanol–water partition coefficient (Wildman–Crippen LogP) is -1.16. The number of fused-ring (bicyclic) bond motifs is 1. The molecule has 0 amide bonds. The molecular formula is C10H21N3O3S. The summed E-state index contributed by atoms with van der Waals surface area (Å²) in [7, 11) is -0.276. The molecule has 2 unspecified atom stereocenters. The minimum atomic E-state index is -3.35. The average molecular weight is 263 g/mol. The van der Waals surface area contributed by atoms with E-state index in [9.17, 15) is 13.5 Å². The SMILES string of the molecule is CN(C)S(=O)(=O)N1CCC2(O)CCNCC2C1. The molecule has 17 heavy (non-hydrogen) atoms. The van der Waals surface area contributed by atoms with E-state index in [1.807, 2.05) is 0 Å². The summed E-state index contributed by atoms with van der Waals surface area (Å²) in [5.41, 5.74) is -0.677. The summed E-state index contributed by atoms with van der Waals surface area (Å²) < 4.78 is 26.7. The lowest BCUT2D eigenvalue weighted by molar-refractivity contribution is -0.0750. The molecule has 0 radical (unpaired) electrons. The number of rotatable bonds is 2. The van der Waals surface area contributed by atoms with Crippen LogP contribution in [-0.2, 0) is 10.2 Å². The van der Waals surface area contributed by atoms with Crippen LogP contribution in [0.25, 0.3) is 0 Å². The van der Waals surface area contributed by atoms with Crippen LogP contribution in [0.5, 0.6) is 0 Å². The summed E-state index contributed by atoms with van der Waals surface area (Å²) in [5.74, 6) is -0.000255. The van der Waals surface area contributed by atoms with Crippen LogP contribution in [0.2, 0.25) is 0 Å². The molecule has 0 aromatic carbocycles. The van der Waals surface area contributed by atoms with Crippen molar-refractivity contribution in [3.63, 3.8) is 0 Å². The number of aliphatic hydroxyl groups is 1. The molecule has 0 bridgehead atoms. The Morgan fingerprint density at radius 2 is 2.12 bits per heavy atom. The number of nitrogens with zero attached hydrogens (tertiary/aromatic N) is 2. The van der Waals surface area contributed by atoms with Crippen LogP contribution < -0.4 is 5.32 Å². The minimum Gasteiger partial charge on any atom is -0.389 e. The smallest absolute Gasteiger partial charge is 0.281 e. The van der Waals surface area contributed by atoms with Gasteiger partial charge in [0, 0.05) is 39.6 Å².